The van der Waals surface area contributed by atoms with Gasteiger partial charge in [-0.1, -0.05) is 34.1 Å². The predicted octanol–water partition coefficient (Wildman–Crippen LogP) is 3.00. The summed E-state index contributed by atoms with van der Waals surface area (Å²) in [5.41, 5.74) is 4.72. The zero-order valence-corrected chi connectivity index (χ0v) is 11.9. The van der Waals surface area contributed by atoms with Gasteiger partial charge in [-0.15, -0.1) is 0 Å². The summed E-state index contributed by atoms with van der Waals surface area (Å²) in [5.74, 6) is -0.256. The summed E-state index contributed by atoms with van der Waals surface area (Å²) < 4.78 is 0.939. The number of amides is 1. The lowest BCUT2D eigenvalue weighted by molar-refractivity contribution is 0.0954. The molecule has 4 nitrogen and oxygen atoms in total. The number of halogens is 1. The lowest BCUT2D eigenvalue weighted by Gasteiger charge is -2.04. The molecule has 1 heterocycles. The van der Waals surface area contributed by atoms with Gasteiger partial charge >= 0.3 is 0 Å². The van der Waals surface area contributed by atoms with Crippen LogP contribution in [0.5, 0.6) is 0 Å². The van der Waals surface area contributed by atoms with E-state index in [-0.39, 0.29) is 5.91 Å². The van der Waals surface area contributed by atoms with Gasteiger partial charge in [0.05, 0.1) is 5.71 Å². The van der Waals surface area contributed by atoms with Crippen molar-refractivity contribution in [1.29, 1.82) is 0 Å². The summed E-state index contributed by atoms with van der Waals surface area (Å²) in [6.45, 7) is 1.84. The van der Waals surface area contributed by atoms with Crippen LogP contribution in [-0.2, 0) is 0 Å². The summed E-state index contributed by atoms with van der Waals surface area (Å²) in [6, 6.07) is 11.0. The normalized spacial score (nSPS) is 11.2. The van der Waals surface area contributed by atoms with Crippen LogP contribution in [0.15, 0.2) is 58.4 Å². The van der Waals surface area contributed by atoms with Crippen molar-refractivity contribution in [2.24, 2.45) is 5.10 Å². The van der Waals surface area contributed by atoms with Crippen LogP contribution in [0.4, 0.5) is 0 Å². The van der Waals surface area contributed by atoms with E-state index in [1.165, 1.54) is 0 Å². The van der Waals surface area contributed by atoms with Crippen LogP contribution in [-0.4, -0.2) is 16.6 Å². The van der Waals surface area contributed by atoms with Gasteiger partial charge in [-0.2, -0.15) is 5.10 Å². The van der Waals surface area contributed by atoms with Gasteiger partial charge in [-0.25, -0.2) is 5.43 Å². The smallest absolute Gasteiger partial charge is 0.267 e. The van der Waals surface area contributed by atoms with Crippen molar-refractivity contribution in [2.45, 2.75) is 6.92 Å². The number of nitrogens with one attached hydrogen (secondary N) is 1. The van der Waals surface area contributed by atoms with Crippen molar-refractivity contribution in [3.05, 3.63) is 64.4 Å². The maximum Gasteiger partial charge on any atom is 0.271 e. The standard InChI is InChI=1S/C14H12BrN3O/c1-10(12-4-2-3-5-13(12)15)17-18-14(19)11-6-8-16-9-7-11/h2-9H,1H3,(H,18,19)/b17-10+. The molecule has 2 rings (SSSR count). The van der Waals surface area contributed by atoms with E-state index in [9.17, 15) is 4.79 Å². The lowest BCUT2D eigenvalue weighted by Crippen LogP contribution is -2.19. The number of hydrazone groups is 1. The van der Waals surface area contributed by atoms with Gasteiger partial charge in [0.1, 0.15) is 0 Å². The first-order chi connectivity index (χ1) is 9.18. The number of nitrogens with zero attached hydrogens (tertiary/aromatic N) is 2. The molecule has 1 amide bonds. The first-order valence-electron chi connectivity index (χ1n) is 5.68. The summed E-state index contributed by atoms with van der Waals surface area (Å²) in [6.07, 6.45) is 3.14. The summed E-state index contributed by atoms with van der Waals surface area (Å²) >= 11 is 3.45. The number of pyridine rings is 1. The van der Waals surface area contributed by atoms with Gasteiger partial charge in [0.25, 0.3) is 5.91 Å². The molecule has 0 aliphatic carbocycles. The average Bonchev–Trinajstić information content (AvgIpc) is 2.46. The van der Waals surface area contributed by atoms with E-state index in [2.05, 4.69) is 31.4 Å². The van der Waals surface area contributed by atoms with Crippen molar-refractivity contribution >= 4 is 27.5 Å². The first-order valence-corrected chi connectivity index (χ1v) is 6.47. The highest BCUT2D eigenvalue weighted by atomic mass is 79.9. The van der Waals surface area contributed by atoms with Crippen molar-refractivity contribution < 1.29 is 4.79 Å². The van der Waals surface area contributed by atoms with Crippen LogP contribution < -0.4 is 5.43 Å². The molecule has 1 N–H and O–H groups in total. The topological polar surface area (TPSA) is 54.4 Å². The molecule has 1 aromatic carbocycles. The molecule has 0 aliphatic rings. The van der Waals surface area contributed by atoms with Gasteiger partial charge < -0.3 is 0 Å². The third kappa shape index (κ3) is 3.48. The quantitative estimate of drug-likeness (QED) is 0.699. The molecule has 0 radical (unpaired) electrons. The van der Waals surface area contributed by atoms with Crippen molar-refractivity contribution in [3.63, 3.8) is 0 Å². The van der Waals surface area contributed by atoms with E-state index in [1.54, 1.807) is 24.5 Å². The maximum atomic E-state index is 11.8. The Morgan fingerprint density at radius 3 is 2.58 bits per heavy atom. The van der Waals surface area contributed by atoms with Crippen molar-refractivity contribution in [3.8, 4) is 0 Å². The Labute approximate surface area is 119 Å². The second kappa shape index (κ2) is 6.24. The molecule has 0 atom stereocenters. The van der Waals surface area contributed by atoms with Gasteiger partial charge in [-0.3, -0.25) is 9.78 Å². The fraction of sp³-hybridized carbons (Fsp3) is 0.0714. The number of hydrogen-bond donors (Lipinski definition) is 1. The zero-order valence-electron chi connectivity index (χ0n) is 10.3. The van der Waals surface area contributed by atoms with Crippen LogP contribution in [0.3, 0.4) is 0 Å². The van der Waals surface area contributed by atoms with Crippen LogP contribution >= 0.6 is 15.9 Å². The van der Waals surface area contributed by atoms with Crippen molar-refractivity contribution in [2.75, 3.05) is 0 Å². The Bertz CT molecular complexity index is 611. The molecular formula is C14H12BrN3O. The number of benzene rings is 1. The number of hydrogen-bond acceptors (Lipinski definition) is 3. The van der Waals surface area contributed by atoms with Crippen LogP contribution in [0.25, 0.3) is 0 Å². The fourth-order valence-electron chi connectivity index (χ4n) is 1.52. The predicted molar refractivity (Wildman–Crippen MR) is 78.1 cm³/mol. The Balaban J connectivity index is 2.11. The second-order valence-corrected chi connectivity index (χ2v) is 4.71. The monoisotopic (exact) mass is 317 g/mol. The minimum atomic E-state index is -0.256. The highest BCUT2D eigenvalue weighted by molar-refractivity contribution is 9.10. The van der Waals surface area contributed by atoms with E-state index < -0.39 is 0 Å². The van der Waals surface area contributed by atoms with E-state index in [4.69, 9.17) is 0 Å². The molecular weight excluding hydrogens is 306 g/mol. The Morgan fingerprint density at radius 1 is 1.21 bits per heavy atom. The van der Waals surface area contributed by atoms with Gasteiger partial charge in [-0.05, 0) is 25.1 Å². The van der Waals surface area contributed by atoms with Gasteiger partial charge in [0.15, 0.2) is 0 Å². The van der Waals surface area contributed by atoms with Crippen LogP contribution in [0.2, 0.25) is 0 Å². The minimum absolute atomic E-state index is 0.256. The third-order valence-electron chi connectivity index (χ3n) is 2.53. The van der Waals surface area contributed by atoms with E-state index in [0.29, 0.717) is 5.56 Å². The maximum absolute atomic E-state index is 11.8. The number of carbonyl (C=O) groups is 1. The molecule has 0 aliphatic heterocycles. The molecule has 0 fully saturated rings. The second-order valence-electron chi connectivity index (χ2n) is 3.85. The van der Waals surface area contributed by atoms with Crippen molar-refractivity contribution in [1.82, 2.24) is 10.4 Å². The highest BCUT2D eigenvalue weighted by Crippen LogP contribution is 2.16. The molecule has 2 aromatic rings. The summed E-state index contributed by atoms with van der Waals surface area (Å²) in [4.78, 5) is 15.7. The van der Waals surface area contributed by atoms with Crippen LogP contribution in [0.1, 0.15) is 22.8 Å². The van der Waals surface area contributed by atoms with Gasteiger partial charge in [0.2, 0.25) is 0 Å². The molecule has 0 saturated heterocycles. The van der Waals surface area contributed by atoms with Gasteiger partial charge in [0, 0.05) is 28.0 Å². The zero-order chi connectivity index (χ0) is 13.7. The average molecular weight is 318 g/mol. The van der Waals surface area contributed by atoms with E-state index in [0.717, 1.165) is 15.7 Å². The number of rotatable bonds is 3. The highest BCUT2D eigenvalue weighted by Gasteiger charge is 2.05. The molecule has 0 bridgehead atoms. The van der Waals surface area contributed by atoms with E-state index >= 15 is 0 Å². The first kappa shape index (κ1) is 13.4. The molecule has 19 heavy (non-hydrogen) atoms. The Morgan fingerprint density at radius 2 is 1.89 bits per heavy atom. The van der Waals surface area contributed by atoms with E-state index in [1.807, 2.05) is 31.2 Å². The molecule has 96 valence electrons. The van der Waals surface area contributed by atoms with Crippen LogP contribution in [0, 0.1) is 0 Å². The molecule has 0 saturated carbocycles. The minimum Gasteiger partial charge on any atom is -0.267 e. The fourth-order valence-corrected chi connectivity index (χ4v) is 2.09. The lowest BCUT2D eigenvalue weighted by atomic mass is 10.1. The largest absolute Gasteiger partial charge is 0.271 e. The molecule has 1 aromatic heterocycles. The number of aromatic nitrogens is 1. The molecule has 0 unspecified atom stereocenters. The Hall–Kier alpha value is -2.01. The third-order valence-corrected chi connectivity index (χ3v) is 3.22. The molecule has 5 heteroatoms. The number of carbonyl (C=O) groups excluding carboxylic acids is 1. The SMILES string of the molecule is C/C(=N\NC(=O)c1ccncc1)c1ccccc1Br. The molecule has 0 spiro atoms. The summed E-state index contributed by atoms with van der Waals surface area (Å²) in [7, 11) is 0. The summed E-state index contributed by atoms with van der Waals surface area (Å²) in [5, 5.41) is 4.10. The Kier molecular flexibility index (Phi) is 4.41.